The number of benzene rings is 1. The van der Waals surface area contributed by atoms with Crippen molar-refractivity contribution in [3.8, 4) is 0 Å². The number of aryl methyl sites for hydroxylation is 2. The maximum absolute atomic E-state index is 11.2. The molecule has 0 atom stereocenters. The van der Waals surface area contributed by atoms with Crippen LogP contribution in [0.15, 0.2) is 42.6 Å². The molecule has 4 rings (SSSR count). The van der Waals surface area contributed by atoms with Gasteiger partial charge in [0.25, 0.3) is 0 Å². The Hall–Kier alpha value is -2.37. The molecule has 0 aliphatic carbocycles. The molecule has 140 valence electrons. The third-order valence-corrected chi connectivity index (χ3v) is 5.51. The van der Waals surface area contributed by atoms with E-state index >= 15 is 0 Å². The van der Waals surface area contributed by atoms with E-state index in [0.29, 0.717) is 0 Å². The standard InChI is InChI=1S/C22H26N4O/c1-3-21-23-11-8-19(25-21)15-26-12-9-22(27,10-13-26)18-6-7-20-17(14-18)5-4-16(2)24-20/h4-8,11,14,27H,3,9-10,12-13,15H2,1-2H3. The Morgan fingerprint density at radius 2 is 1.89 bits per heavy atom. The van der Waals surface area contributed by atoms with Crippen LogP contribution < -0.4 is 0 Å². The van der Waals surface area contributed by atoms with Gasteiger partial charge in [0, 0.05) is 43.3 Å². The van der Waals surface area contributed by atoms with Crippen molar-refractivity contribution < 1.29 is 5.11 Å². The zero-order valence-corrected chi connectivity index (χ0v) is 16.0. The Labute approximate surface area is 160 Å². The van der Waals surface area contributed by atoms with Crippen LogP contribution in [0.5, 0.6) is 0 Å². The van der Waals surface area contributed by atoms with Crippen molar-refractivity contribution in [2.75, 3.05) is 13.1 Å². The summed E-state index contributed by atoms with van der Waals surface area (Å²) in [6, 6.07) is 12.2. The minimum atomic E-state index is -0.768. The predicted molar refractivity (Wildman–Crippen MR) is 106 cm³/mol. The molecule has 1 N–H and O–H groups in total. The Bertz CT molecular complexity index is 948. The van der Waals surface area contributed by atoms with Gasteiger partial charge in [0.05, 0.1) is 16.8 Å². The Morgan fingerprint density at radius 1 is 1.07 bits per heavy atom. The molecular weight excluding hydrogens is 336 g/mol. The third-order valence-electron chi connectivity index (χ3n) is 5.51. The van der Waals surface area contributed by atoms with Gasteiger partial charge < -0.3 is 5.11 Å². The van der Waals surface area contributed by atoms with Crippen LogP contribution in [0.2, 0.25) is 0 Å². The molecule has 2 aromatic heterocycles. The van der Waals surface area contributed by atoms with Gasteiger partial charge in [0.1, 0.15) is 5.82 Å². The zero-order chi connectivity index (χ0) is 18.9. The first kappa shape index (κ1) is 18.0. The van der Waals surface area contributed by atoms with Gasteiger partial charge in [0.15, 0.2) is 0 Å². The maximum atomic E-state index is 11.2. The average Bonchev–Trinajstić information content (AvgIpc) is 2.69. The highest BCUT2D eigenvalue weighted by Crippen LogP contribution is 2.34. The summed E-state index contributed by atoms with van der Waals surface area (Å²) in [4.78, 5) is 15.8. The van der Waals surface area contributed by atoms with Crippen LogP contribution in [-0.4, -0.2) is 38.0 Å². The summed E-state index contributed by atoms with van der Waals surface area (Å²) in [6.07, 6.45) is 4.14. The van der Waals surface area contributed by atoms with E-state index in [0.717, 1.165) is 72.6 Å². The lowest BCUT2D eigenvalue weighted by Gasteiger charge is -2.38. The monoisotopic (exact) mass is 362 g/mol. The number of aliphatic hydroxyl groups is 1. The van der Waals surface area contributed by atoms with Gasteiger partial charge in [-0.1, -0.05) is 19.1 Å². The zero-order valence-electron chi connectivity index (χ0n) is 16.0. The van der Waals surface area contributed by atoms with Crippen LogP contribution >= 0.6 is 0 Å². The molecule has 3 heterocycles. The molecule has 0 spiro atoms. The van der Waals surface area contributed by atoms with Gasteiger partial charge in [-0.2, -0.15) is 0 Å². The highest BCUT2D eigenvalue weighted by atomic mass is 16.3. The largest absolute Gasteiger partial charge is 0.385 e. The lowest BCUT2D eigenvalue weighted by molar-refractivity contribution is -0.0279. The van der Waals surface area contributed by atoms with Crippen molar-refractivity contribution in [2.24, 2.45) is 0 Å². The molecule has 0 bridgehead atoms. The molecule has 0 radical (unpaired) electrons. The Balaban J connectivity index is 1.46. The molecule has 1 aliphatic rings. The maximum Gasteiger partial charge on any atom is 0.128 e. The van der Waals surface area contributed by atoms with E-state index in [4.69, 9.17) is 0 Å². The SMILES string of the molecule is CCc1nccc(CN2CCC(O)(c3ccc4nc(C)ccc4c3)CC2)n1. The molecular formula is C22H26N4O. The molecule has 1 aromatic carbocycles. The second-order valence-corrected chi connectivity index (χ2v) is 7.49. The van der Waals surface area contributed by atoms with Gasteiger partial charge in [0.2, 0.25) is 0 Å². The van der Waals surface area contributed by atoms with Crippen LogP contribution in [0.25, 0.3) is 10.9 Å². The number of piperidine rings is 1. The first-order chi connectivity index (χ1) is 13.1. The van der Waals surface area contributed by atoms with E-state index in [2.05, 4.69) is 38.9 Å². The van der Waals surface area contributed by atoms with Crippen LogP contribution in [0, 0.1) is 6.92 Å². The fourth-order valence-electron chi connectivity index (χ4n) is 3.82. The number of hydrogen-bond acceptors (Lipinski definition) is 5. The molecule has 1 fully saturated rings. The van der Waals surface area contributed by atoms with Crippen molar-refractivity contribution in [2.45, 2.75) is 45.3 Å². The lowest BCUT2D eigenvalue weighted by Crippen LogP contribution is -2.42. The molecule has 3 aromatic rings. The first-order valence-electron chi connectivity index (χ1n) is 9.69. The van der Waals surface area contributed by atoms with Crippen molar-refractivity contribution in [3.05, 3.63) is 65.4 Å². The summed E-state index contributed by atoms with van der Waals surface area (Å²) >= 11 is 0. The summed E-state index contributed by atoms with van der Waals surface area (Å²) in [5.74, 6) is 0.890. The quantitative estimate of drug-likeness (QED) is 0.771. The molecule has 5 nitrogen and oxygen atoms in total. The Kier molecular flexibility index (Phi) is 4.89. The lowest BCUT2D eigenvalue weighted by atomic mass is 9.84. The van der Waals surface area contributed by atoms with E-state index in [1.165, 1.54) is 0 Å². The summed E-state index contributed by atoms with van der Waals surface area (Å²) in [5.41, 5.74) is 3.28. The fraction of sp³-hybridized carbons (Fsp3) is 0.409. The van der Waals surface area contributed by atoms with Crippen molar-refractivity contribution in [3.63, 3.8) is 0 Å². The Morgan fingerprint density at radius 3 is 2.67 bits per heavy atom. The molecule has 0 saturated carbocycles. The van der Waals surface area contributed by atoms with Crippen LogP contribution in [-0.2, 0) is 18.6 Å². The van der Waals surface area contributed by atoms with E-state index < -0.39 is 5.60 Å². The van der Waals surface area contributed by atoms with E-state index in [9.17, 15) is 5.11 Å². The second kappa shape index (κ2) is 7.33. The summed E-state index contributed by atoms with van der Waals surface area (Å²) < 4.78 is 0. The van der Waals surface area contributed by atoms with Gasteiger partial charge in [-0.15, -0.1) is 0 Å². The summed E-state index contributed by atoms with van der Waals surface area (Å²) in [5, 5.41) is 12.3. The number of rotatable bonds is 4. The average molecular weight is 362 g/mol. The smallest absolute Gasteiger partial charge is 0.128 e. The predicted octanol–water partition coefficient (Wildman–Crippen LogP) is 3.38. The van der Waals surface area contributed by atoms with Crippen molar-refractivity contribution in [1.82, 2.24) is 19.9 Å². The normalized spacial score (nSPS) is 17.3. The molecule has 0 unspecified atom stereocenters. The first-order valence-corrected chi connectivity index (χ1v) is 9.69. The number of fused-ring (bicyclic) bond motifs is 1. The van der Waals surface area contributed by atoms with Gasteiger partial charge in [-0.25, -0.2) is 9.97 Å². The van der Waals surface area contributed by atoms with Crippen molar-refractivity contribution >= 4 is 10.9 Å². The summed E-state index contributed by atoms with van der Waals surface area (Å²) in [7, 11) is 0. The van der Waals surface area contributed by atoms with Gasteiger partial charge >= 0.3 is 0 Å². The minimum Gasteiger partial charge on any atom is -0.385 e. The summed E-state index contributed by atoms with van der Waals surface area (Å²) in [6.45, 7) is 6.59. The van der Waals surface area contributed by atoms with Crippen LogP contribution in [0.4, 0.5) is 0 Å². The number of pyridine rings is 1. The fourth-order valence-corrected chi connectivity index (χ4v) is 3.82. The van der Waals surface area contributed by atoms with E-state index in [1.807, 2.05) is 37.4 Å². The molecule has 0 amide bonds. The van der Waals surface area contributed by atoms with E-state index in [1.54, 1.807) is 0 Å². The number of hydrogen-bond donors (Lipinski definition) is 1. The van der Waals surface area contributed by atoms with E-state index in [-0.39, 0.29) is 0 Å². The van der Waals surface area contributed by atoms with Crippen molar-refractivity contribution in [1.29, 1.82) is 0 Å². The molecule has 5 heteroatoms. The number of likely N-dealkylation sites (tertiary alicyclic amines) is 1. The minimum absolute atomic E-state index is 0.726. The second-order valence-electron chi connectivity index (χ2n) is 7.49. The van der Waals surface area contributed by atoms with Gasteiger partial charge in [-0.05, 0) is 49.6 Å². The third kappa shape index (κ3) is 3.84. The van der Waals surface area contributed by atoms with Crippen LogP contribution in [0.3, 0.4) is 0 Å². The van der Waals surface area contributed by atoms with Gasteiger partial charge in [-0.3, -0.25) is 9.88 Å². The topological polar surface area (TPSA) is 62.1 Å². The van der Waals surface area contributed by atoms with Crippen LogP contribution in [0.1, 0.15) is 42.5 Å². The highest BCUT2D eigenvalue weighted by Gasteiger charge is 2.34. The molecule has 1 aliphatic heterocycles. The highest BCUT2D eigenvalue weighted by molar-refractivity contribution is 5.79. The number of aromatic nitrogens is 3. The number of nitrogens with zero attached hydrogens (tertiary/aromatic N) is 4. The molecule has 27 heavy (non-hydrogen) atoms. The molecule has 1 saturated heterocycles.